The summed E-state index contributed by atoms with van der Waals surface area (Å²) in [5.74, 6) is 0.224. The SMILES string of the molecule is COCC(=O)N1CCOC2(CN(Cc3nccn3C)CCCO2)C1. The molecular formula is C16H26N4O4. The molecule has 134 valence electrons. The van der Waals surface area contributed by atoms with Crippen LogP contribution in [0.15, 0.2) is 12.4 Å². The lowest BCUT2D eigenvalue weighted by Gasteiger charge is -2.43. The Balaban J connectivity index is 1.69. The Bertz CT molecular complexity index is 564. The minimum atomic E-state index is -0.761. The molecular weight excluding hydrogens is 312 g/mol. The van der Waals surface area contributed by atoms with Crippen molar-refractivity contribution >= 4 is 5.91 Å². The predicted octanol–water partition coefficient (Wildman–Crippen LogP) is -0.156. The van der Waals surface area contributed by atoms with E-state index in [4.69, 9.17) is 14.2 Å². The van der Waals surface area contributed by atoms with E-state index in [0.29, 0.717) is 32.8 Å². The van der Waals surface area contributed by atoms with Gasteiger partial charge in [0.15, 0.2) is 5.79 Å². The number of ether oxygens (including phenoxy) is 3. The molecule has 2 aliphatic heterocycles. The Labute approximate surface area is 142 Å². The van der Waals surface area contributed by atoms with Gasteiger partial charge in [0.05, 0.1) is 32.8 Å². The van der Waals surface area contributed by atoms with Crippen LogP contribution in [0.25, 0.3) is 0 Å². The maximum absolute atomic E-state index is 12.2. The van der Waals surface area contributed by atoms with E-state index in [1.165, 1.54) is 7.11 Å². The fraction of sp³-hybridized carbons (Fsp3) is 0.750. The first-order valence-electron chi connectivity index (χ1n) is 8.35. The molecule has 1 amide bonds. The maximum Gasteiger partial charge on any atom is 0.248 e. The van der Waals surface area contributed by atoms with Gasteiger partial charge in [0.25, 0.3) is 0 Å². The second-order valence-electron chi connectivity index (χ2n) is 6.37. The number of carbonyl (C=O) groups is 1. The molecule has 0 N–H and O–H groups in total. The van der Waals surface area contributed by atoms with E-state index in [9.17, 15) is 4.79 Å². The standard InChI is InChI=1S/C16H26N4O4/c1-18-6-4-17-14(18)10-19-5-3-8-23-16(12-19)13-20(7-9-24-16)15(21)11-22-2/h4,6H,3,5,7-13H2,1-2H3. The lowest BCUT2D eigenvalue weighted by molar-refractivity contribution is -0.265. The van der Waals surface area contributed by atoms with Crippen LogP contribution in [0, 0.1) is 0 Å². The Morgan fingerprint density at radius 2 is 2.17 bits per heavy atom. The van der Waals surface area contributed by atoms with Gasteiger partial charge in [-0.3, -0.25) is 9.69 Å². The summed E-state index contributed by atoms with van der Waals surface area (Å²) in [5.41, 5.74) is 0. The number of hydrogen-bond donors (Lipinski definition) is 0. The number of methoxy groups -OCH3 is 1. The molecule has 2 saturated heterocycles. The van der Waals surface area contributed by atoms with Crippen LogP contribution in [0.5, 0.6) is 0 Å². The van der Waals surface area contributed by atoms with Crippen LogP contribution in [0.4, 0.5) is 0 Å². The molecule has 1 aromatic heterocycles. The molecule has 2 aliphatic rings. The van der Waals surface area contributed by atoms with Crippen molar-refractivity contribution < 1.29 is 19.0 Å². The van der Waals surface area contributed by atoms with Gasteiger partial charge in [-0.15, -0.1) is 0 Å². The second-order valence-corrected chi connectivity index (χ2v) is 6.37. The van der Waals surface area contributed by atoms with Crippen molar-refractivity contribution in [3.8, 4) is 0 Å². The first-order chi connectivity index (χ1) is 11.6. The predicted molar refractivity (Wildman–Crippen MR) is 86.2 cm³/mol. The van der Waals surface area contributed by atoms with Crippen molar-refractivity contribution in [3.05, 3.63) is 18.2 Å². The molecule has 24 heavy (non-hydrogen) atoms. The van der Waals surface area contributed by atoms with E-state index in [1.54, 1.807) is 4.90 Å². The summed E-state index contributed by atoms with van der Waals surface area (Å²) >= 11 is 0. The summed E-state index contributed by atoms with van der Waals surface area (Å²) in [6.45, 7) is 4.49. The van der Waals surface area contributed by atoms with E-state index >= 15 is 0 Å². The van der Waals surface area contributed by atoms with Crippen molar-refractivity contribution in [1.82, 2.24) is 19.4 Å². The normalized spacial score (nSPS) is 25.8. The number of hydrogen-bond acceptors (Lipinski definition) is 6. The van der Waals surface area contributed by atoms with Gasteiger partial charge in [-0.25, -0.2) is 4.98 Å². The highest BCUT2D eigenvalue weighted by Gasteiger charge is 2.42. The van der Waals surface area contributed by atoms with E-state index in [-0.39, 0.29) is 12.5 Å². The molecule has 0 bridgehead atoms. The fourth-order valence-corrected chi connectivity index (χ4v) is 3.26. The molecule has 8 heteroatoms. The number of aryl methyl sites for hydroxylation is 1. The van der Waals surface area contributed by atoms with Gasteiger partial charge in [0.2, 0.25) is 5.91 Å². The van der Waals surface area contributed by atoms with E-state index in [0.717, 1.165) is 25.3 Å². The third-order valence-electron chi connectivity index (χ3n) is 4.51. The van der Waals surface area contributed by atoms with Gasteiger partial charge in [0.1, 0.15) is 12.4 Å². The number of nitrogens with zero attached hydrogens (tertiary/aromatic N) is 4. The highest BCUT2D eigenvalue weighted by Crippen LogP contribution is 2.25. The zero-order valence-corrected chi connectivity index (χ0v) is 14.4. The Kier molecular flexibility index (Phi) is 5.50. The minimum absolute atomic E-state index is 0.0244. The van der Waals surface area contributed by atoms with Gasteiger partial charge >= 0.3 is 0 Å². The summed E-state index contributed by atoms with van der Waals surface area (Å²) in [6, 6.07) is 0. The quantitative estimate of drug-likeness (QED) is 0.760. The maximum atomic E-state index is 12.2. The number of aromatic nitrogens is 2. The number of morpholine rings is 1. The summed E-state index contributed by atoms with van der Waals surface area (Å²) in [7, 11) is 3.53. The van der Waals surface area contributed by atoms with Crippen molar-refractivity contribution in [2.24, 2.45) is 7.05 Å². The molecule has 0 saturated carbocycles. The van der Waals surface area contributed by atoms with Crippen LogP contribution < -0.4 is 0 Å². The van der Waals surface area contributed by atoms with E-state index in [1.807, 2.05) is 24.0 Å². The zero-order valence-electron chi connectivity index (χ0n) is 14.4. The number of carbonyl (C=O) groups excluding carboxylic acids is 1. The summed E-state index contributed by atoms with van der Waals surface area (Å²) < 4.78 is 19.0. The van der Waals surface area contributed by atoms with Gasteiger partial charge in [0, 0.05) is 39.6 Å². The Morgan fingerprint density at radius 3 is 2.92 bits per heavy atom. The molecule has 3 heterocycles. The smallest absolute Gasteiger partial charge is 0.248 e. The summed E-state index contributed by atoms with van der Waals surface area (Å²) in [6.07, 6.45) is 4.69. The number of amides is 1. The van der Waals surface area contributed by atoms with Crippen LogP contribution >= 0.6 is 0 Å². The molecule has 1 aromatic rings. The zero-order chi connectivity index (χ0) is 17.0. The third-order valence-corrected chi connectivity index (χ3v) is 4.51. The lowest BCUT2D eigenvalue weighted by Crippen LogP contribution is -2.59. The van der Waals surface area contributed by atoms with Crippen LogP contribution in [0.3, 0.4) is 0 Å². The average molecular weight is 338 g/mol. The Hall–Kier alpha value is -1.48. The third kappa shape index (κ3) is 3.94. The summed E-state index contributed by atoms with van der Waals surface area (Å²) in [5, 5.41) is 0. The molecule has 2 fully saturated rings. The molecule has 0 radical (unpaired) electrons. The van der Waals surface area contributed by atoms with E-state index in [2.05, 4.69) is 9.88 Å². The number of rotatable bonds is 4. The Morgan fingerprint density at radius 1 is 1.33 bits per heavy atom. The first-order valence-corrected chi connectivity index (χ1v) is 8.35. The topological polar surface area (TPSA) is 69.1 Å². The van der Waals surface area contributed by atoms with Crippen molar-refractivity contribution in [3.63, 3.8) is 0 Å². The monoisotopic (exact) mass is 338 g/mol. The first kappa shape index (κ1) is 17.3. The molecule has 0 aliphatic carbocycles. The van der Waals surface area contributed by atoms with Crippen LogP contribution in [-0.2, 0) is 32.6 Å². The molecule has 8 nitrogen and oxygen atoms in total. The molecule has 1 spiro atoms. The minimum Gasteiger partial charge on any atom is -0.375 e. The van der Waals surface area contributed by atoms with Crippen molar-refractivity contribution in [2.75, 3.05) is 53.1 Å². The van der Waals surface area contributed by atoms with Crippen LogP contribution in [-0.4, -0.2) is 84.2 Å². The van der Waals surface area contributed by atoms with Crippen molar-refractivity contribution in [1.29, 1.82) is 0 Å². The highest BCUT2D eigenvalue weighted by molar-refractivity contribution is 5.77. The van der Waals surface area contributed by atoms with Gasteiger partial charge in [-0.05, 0) is 6.42 Å². The summed E-state index contributed by atoms with van der Waals surface area (Å²) in [4.78, 5) is 20.6. The average Bonchev–Trinajstić information content (AvgIpc) is 2.86. The molecule has 3 rings (SSSR count). The molecule has 1 unspecified atom stereocenters. The number of imidazole rings is 1. The van der Waals surface area contributed by atoms with Crippen LogP contribution in [0.1, 0.15) is 12.2 Å². The van der Waals surface area contributed by atoms with Crippen molar-refractivity contribution in [2.45, 2.75) is 18.8 Å². The fourth-order valence-electron chi connectivity index (χ4n) is 3.26. The van der Waals surface area contributed by atoms with Gasteiger partial charge in [-0.1, -0.05) is 0 Å². The van der Waals surface area contributed by atoms with Crippen LogP contribution in [0.2, 0.25) is 0 Å². The molecule has 1 atom stereocenters. The largest absolute Gasteiger partial charge is 0.375 e. The van der Waals surface area contributed by atoms with Gasteiger partial charge < -0.3 is 23.7 Å². The molecule has 0 aromatic carbocycles. The lowest BCUT2D eigenvalue weighted by atomic mass is 10.2. The highest BCUT2D eigenvalue weighted by atomic mass is 16.7. The second kappa shape index (κ2) is 7.60. The van der Waals surface area contributed by atoms with Gasteiger partial charge in [-0.2, -0.15) is 0 Å². The van der Waals surface area contributed by atoms with E-state index < -0.39 is 5.79 Å².